The highest BCUT2D eigenvalue weighted by molar-refractivity contribution is 9.10. The second-order valence-corrected chi connectivity index (χ2v) is 4.44. The van der Waals surface area contributed by atoms with Crippen LogP contribution in [0.4, 0.5) is 19.0 Å². The fourth-order valence-electron chi connectivity index (χ4n) is 1.11. The summed E-state index contributed by atoms with van der Waals surface area (Å²) in [5.74, 6) is -0.275. The summed E-state index contributed by atoms with van der Waals surface area (Å²) in [5, 5.41) is 4.39. The lowest BCUT2D eigenvalue weighted by Gasteiger charge is -2.09. The molecule has 1 aromatic rings. The Balaban J connectivity index is 2.42. The molecule has 0 spiro atoms. The van der Waals surface area contributed by atoms with Crippen molar-refractivity contribution in [3.05, 3.63) is 22.3 Å². The number of halogens is 4. The van der Waals surface area contributed by atoms with Crippen LogP contribution in [0.2, 0.25) is 0 Å². The molecule has 18 heavy (non-hydrogen) atoms. The number of carbonyl (C=O) groups is 1. The van der Waals surface area contributed by atoms with E-state index in [1.54, 1.807) is 6.07 Å². The first-order valence-electron chi connectivity index (χ1n) is 4.97. The molecule has 0 aromatic carbocycles. The van der Waals surface area contributed by atoms with Gasteiger partial charge in [-0.3, -0.25) is 4.79 Å². The number of hydrogen-bond acceptors (Lipinski definition) is 3. The maximum Gasteiger partial charge on any atom is 0.401 e. The largest absolute Gasteiger partial charge is 0.401 e. The normalized spacial score (nSPS) is 11.4. The van der Waals surface area contributed by atoms with Crippen LogP contribution in [0.25, 0.3) is 0 Å². The lowest BCUT2D eigenvalue weighted by atomic mass is 10.3. The van der Waals surface area contributed by atoms with E-state index in [-0.39, 0.29) is 0 Å². The van der Waals surface area contributed by atoms with Crippen LogP contribution in [0.15, 0.2) is 16.7 Å². The molecule has 2 N–H and O–H groups in total. The van der Waals surface area contributed by atoms with Crippen LogP contribution in [-0.2, 0) is 4.79 Å². The minimum Gasteiger partial charge on any atom is -0.310 e. The number of amides is 1. The maximum absolute atomic E-state index is 11.8. The molecule has 100 valence electrons. The zero-order chi connectivity index (χ0) is 13.8. The Kier molecular flexibility index (Phi) is 5.09. The van der Waals surface area contributed by atoms with Crippen molar-refractivity contribution in [1.29, 1.82) is 0 Å². The predicted octanol–water partition coefficient (Wildman–Crippen LogP) is 2.24. The average molecular weight is 326 g/mol. The van der Waals surface area contributed by atoms with E-state index in [9.17, 15) is 18.0 Å². The third kappa shape index (κ3) is 5.46. The van der Waals surface area contributed by atoms with Gasteiger partial charge < -0.3 is 10.6 Å². The molecule has 1 rings (SSSR count). The second-order valence-electron chi connectivity index (χ2n) is 3.59. The third-order valence-corrected chi connectivity index (χ3v) is 2.76. The molecule has 1 heterocycles. The summed E-state index contributed by atoms with van der Waals surface area (Å²) in [7, 11) is 0. The lowest BCUT2D eigenvalue weighted by Crippen LogP contribution is -2.35. The molecule has 1 aromatic heterocycles. The highest BCUT2D eigenvalue weighted by Crippen LogP contribution is 2.17. The average Bonchev–Trinajstić information content (AvgIpc) is 2.21. The molecule has 0 saturated heterocycles. The van der Waals surface area contributed by atoms with E-state index in [2.05, 4.69) is 26.2 Å². The summed E-state index contributed by atoms with van der Waals surface area (Å²) in [5.41, 5.74) is 0.864. The van der Waals surface area contributed by atoms with Gasteiger partial charge in [-0.05, 0) is 34.5 Å². The number of alkyl halides is 3. The molecule has 0 aliphatic rings. The highest BCUT2D eigenvalue weighted by atomic mass is 79.9. The molecule has 0 aliphatic heterocycles. The van der Waals surface area contributed by atoms with E-state index >= 15 is 0 Å². The van der Waals surface area contributed by atoms with Crippen molar-refractivity contribution in [3.63, 3.8) is 0 Å². The van der Waals surface area contributed by atoms with E-state index < -0.39 is 25.2 Å². The number of anilines is 1. The molecule has 0 aliphatic carbocycles. The van der Waals surface area contributed by atoms with Gasteiger partial charge in [-0.1, -0.05) is 0 Å². The molecule has 4 nitrogen and oxygen atoms in total. The van der Waals surface area contributed by atoms with Crippen LogP contribution in [0.3, 0.4) is 0 Å². The van der Waals surface area contributed by atoms with Crippen molar-refractivity contribution >= 4 is 27.7 Å². The van der Waals surface area contributed by atoms with Crippen LogP contribution in [0.5, 0.6) is 0 Å². The molecule has 0 unspecified atom stereocenters. The molecular formula is C10H11BrF3N3O. The van der Waals surface area contributed by atoms with Gasteiger partial charge in [0.2, 0.25) is 5.91 Å². The first kappa shape index (κ1) is 14.9. The van der Waals surface area contributed by atoms with Crippen LogP contribution in [0, 0.1) is 6.92 Å². The van der Waals surface area contributed by atoms with Crippen molar-refractivity contribution < 1.29 is 18.0 Å². The summed E-state index contributed by atoms with van der Waals surface area (Å²) in [6.45, 7) is 0.187. The minimum absolute atomic E-state index is 0.300. The van der Waals surface area contributed by atoms with E-state index in [1.807, 2.05) is 12.2 Å². The van der Waals surface area contributed by atoms with Gasteiger partial charge in [0, 0.05) is 10.7 Å². The van der Waals surface area contributed by atoms with Gasteiger partial charge in [0.15, 0.2) is 0 Å². The van der Waals surface area contributed by atoms with Crippen molar-refractivity contribution in [2.75, 3.05) is 18.4 Å². The number of carbonyl (C=O) groups excluding carboxylic acids is 1. The van der Waals surface area contributed by atoms with Gasteiger partial charge in [0.1, 0.15) is 5.82 Å². The van der Waals surface area contributed by atoms with Gasteiger partial charge in [0.25, 0.3) is 0 Å². The van der Waals surface area contributed by atoms with Crippen molar-refractivity contribution in [2.24, 2.45) is 0 Å². The molecule has 8 heteroatoms. The summed E-state index contributed by atoms with van der Waals surface area (Å²) < 4.78 is 36.2. The van der Waals surface area contributed by atoms with Gasteiger partial charge in [0.05, 0.1) is 13.1 Å². The SMILES string of the molecule is Cc1cc(NC(=O)CNCC(F)(F)F)ncc1Br. The van der Waals surface area contributed by atoms with Crippen LogP contribution >= 0.6 is 15.9 Å². The number of hydrogen-bond donors (Lipinski definition) is 2. The Labute approximate surface area is 110 Å². The number of rotatable bonds is 4. The summed E-state index contributed by atoms with van der Waals surface area (Å²) >= 11 is 3.25. The molecular weight excluding hydrogens is 315 g/mol. The van der Waals surface area contributed by atoms with Gasteiger partial charge in [-0.25, -0.2) is 4.98 Å². The highest BCUT2D eigenvalue weighted by Gasteiger charge is 2.26. The van der Waals surface area contributed by atoms with Crippen LogP contribution < -0.4 is 10.6 Å². The molecule has 0 saturated carbocycles. The maximum atomic E-state index is 11.8. The summed E-state index contributed by atoms with van der Waals surface area (Å²) in [4.78, 5) is 15.2. The Hall–Kier alpha value is -1.15. The number of aromatic nitrogens is 1. The van der Waals surface area contributed by atoms with E-state index in [0.29, 0.717) is 5.82 Å². The molecule has 0 fully saturated rings. The van der Waals surface area contributed by atoms with Gasteiger partial charge in [-0.2, -0.15) is 13.2 Å². The van der Waals surface area contributed by atoms with E-state index in [0.717, 1.165) is 10.0 Å². The van der Waals surface area contributed by atoms with Gasteiger partial charge >= 0.3 is 6.18 Å². The third-order valence-electron chi connectivity index (χ3n) is 1.93. The fourth-order valence-corrected chi connectivity index (χ4v) is 1.33. The number of nitrogens with zero attached hydrogens (tertiary/aromatic N) is 1. The monoisotopic (exact) mass is 325 g/mol. The zero-order valence-electron chi connectivity index (χ0n) is 9.44. The van der Waals surface area contributed by atoms with Crippen LogP contribution in [0.1, 0.15) is 5.56 Å². The van der Waals surface area contributed by atoms with E-state index in [1.165, 1.54) is 6.20 Å². The molecule has 0 bridgehead atoms. The predicted molar refractivity (Wildman–Crippen MR) is 64.2 cm³/mol. The number of pyridine rings is 1. The Morgan fingerprint density at radius 2 is 2.17 bits per heavy atom. The van der Waals surface area contributed by atoms with E-state index in [4.69, 9.17) is 0 Å². The standard InChI is InChI=1S/C10H11BrF3N3O/c1-6-2-8(16-3-7(6)11)17-9(18)4-15-5-10(12,13)14/h2-3,15H,4-5H2,1H3,(H,16,17,18). The second kappa shape index (κ2) is 6.14. The summed E-state index contributed by atoms with van der Waals surface area (Å²) in [6, 6.07) is 1.62. The minimum atomic E-state index is -4.33. The summed E-state index contributed by atoms with van der Waals surface area (Å²) in [6.07, 6.45) is -2.82. The van der Waals surface area contributed by atoms with Gasteiger partial charge in [-0.15, -0.1) is 0 Å². The zero-order valence-corrected chi connectivity index (χ0v) is 11.0. The van der Waals surface area contributed by atoms with Crippen molar-refractivity contribution in [2.45, 2.75) is 13.1 Å². The molecule has 1 amide bonds. The quantitative estimate of drug-likeness (QED) is 0.892. The smallest absolute Gasteiger partial charge is 0.310 e. The van der Waals surface area contributed by atoms with Crippen molar-refractivity contribution in [3.8, 4) is 0 Å². The molecule has 0 atom stereocenters. The first-order valence-corrected chi connectivity index (χ1v) is 5.77. The topological polar surface area (TPSA) is 54.0 Å². The Morgan fingerprint density at radius 1 is 1.50 bits per heavy atom. The van der Waals surface area contributed by atoms with Crippen LogP contribution in [-0.4, -0.2) is 30.2 Å². The Morgan fingerprint density at radius 3 is 2.72 bits per heavy atom. The Bertz CT molecular complexity index is 437. The lowest BCUT2D eigenvalue weighted by molar-refractivity contribution is -0.126. The number of nitrogens with one attached hydrogen (secondary N) is 2. The number of aryl methyl sites for hydroxylation is 1. The molecule has 0 radical (unpaired) electrons. The first-order chi connectivity index (χ1) is 8.28. The fraction of sp³-hybridized carbons (Fsp3) is 0.400. The van der Waals surface area contributed by atoms with Crippen molar-refractivity contribution in [1.82, 2.24) is 10.3 Å².